The normalized spacial score (nSPS) is 17.8. The summed E-state index contributed by atoms with van der Waals surface area (Å²) in [7, 11) is -3.51. The van der Waals surface area contributed by atoms with Crippen LogP contribution in [0.5, 0.6) is 5.75 Å². The van der Waals surface area contributed by atoms with Crippen LogP contribution in [0.25, 0.3) is 0 Å². The van der Waals surface area contributed by atoms with Gasteiger partial charge in [0.05, 0.1) is 12.5 Å². The van der Waals surface area contributed by atoms with Gasteiger partial charge in [0.25, 0.3) is 10.0 Å². The van der Waals surface area contributed by atoms with Gasteiger partial charge in [0.1, 0.15) is 16.6 Å². The van der Waals surface area contributed by atoms with Crippen LogP contribution in [0, 0.1) is 5.92 Å². The Hall–Kier alpha value is -1.90. The second-order valence-corrected chi connectivity index (χ2v) is 10.3. The highest BCUT2D eigenvalue weighted by molar-refractivity contribution is 7.91. The fraction of sp³-hybridized carbons (Fsp3) is 0.476. The number of carbonyl (C=O) groups excluding carboxylic acids is 1. The van der Waals surface area contributed by atoms with Gasteiger partial charge in [-0.05, 0) is 48.4 Å². The van der Waals surface area contributed by atoms with Crippen LogP contribution in [0.15, 0.2) is 46.0 Å². The molecule has 1 fully saturated rings. The van der Waals surface area contributed by atoms with E-state index in [4.69, 9.17) is 4.74 Å². The van der Waals surface area contributed by atoms with Gasteiger partial charge in [-0.15, -0.1) is 11.3 Å². The molecule has 0 saturated carbocycles. The van der Waals surface area contributed by atoms with Crippen LogP contribution >= 0.6 is 11.3 Å². The first-order valence-corrected chi connectivity index (χ1v) is 12.4. The molecule has 1 N–H and O–H groups in total. The molecule has 1 unspecified atom stereocenters. The topological polar surface area (TPSA) is 75.7 Å². The van der Waals surface area contributed by atoms with Crippen LogP contribution in [-0.4, -0.2) is 44.9 Å². The number of benzene rings is 1. The van der Waals surface area contributed by atoms with Gasteiger partial charge in [-0.2, -0.15) is 4.31 Å². The molecule has 158 valence electrons. The minimum atomic E-state index is -3.51. The smallest absolute Gasteiger partial charge is 0.252 e. The summed E-state index contributed by atoms with van der Waals surface area (Å²) < 4.78 is 32.8. The first kappa shape index (κ1) is 21.8. The van der Waals surface area contributed by atoms with Crippen LogP contribution in [-0.2, 0) is 21.2 Å². The maximum absolute atomic E-state index is 12.7. The molecule has 2 heterocycles. The van der Waals surface area contributed by atoms with Crippen LogP contribution in [0.1, 0.15) is 31.7 Å². The lowest BCUT2D eigenvalue weighted by molar-refractivity contribution is -0.126. The average Bonchev–Trinajstić information content (AvgIpc) is 3.28. The second kappa shape index (κ2) is 10.2. The highest BCUT2D eigenvalue weighted by atomic mass is 32.2. The Morgan fingerprint density at radius 3 is 2.76 bits per heavy atom. The van der Waals surface area contributed by atoms with E-state index in [9.17, 15) is 13.2 Å². The van der Waals surface area contributed by atoms with E-state index in [0.29, 0.717) is 36.7 Å². The summed E-state index contributed by atoms with van der Waals surface area (Å²) in [6.45, 7) is 3.61. The van der Waals surface area contributed by atoms with Gasteiger partial charge < -0.3 is 10.1 Å². The minimum Gasteiger partial charge on any atom is -0.492 e. The van der Waals surface area contributed by atoms with Crippen LogP contribution in [0.2, 0.25) is 0 Å². The summed E-state index contributed by atoms with van der Waals surface area (Å²) in [5.74, 6) is 0.342. The highest BCUT2D eigenvalue weighted by Crippen LogP contribution is 2.26. The number of nitrogens with zero attached hydrogens (tertiary/aromatic N) is 1. The third kappa shape index (κ3) is 5.81. The van der Waals surface area contributed by atoms with Gasteiger partial charge in [0.15, 0.2) is 0 Å². The zero-order chi connectivity index (χ0) is 20.7. The zero-order valence-corrected chi connectivity index (χ0v) is 18.3. The molecule has 0 bridgehead atoms. The number of nitrogens with one attached hydrogen (secondary N) is 1. The number of sulfonamides is 1. The molecule has 29 heavy (non-hydrogen) atoms. The van der Waals surface area contributed by atoms with Crippen molar-refractivity contribution in [2.45, 2.75) is 36.8 Å². The van der Waals surface area contributed by atoms with Gasteiger partial charge in [-0.1, -0.05) is 31.5 Å². The van der Waals surface area contributed by atoms with E-state index < -0.39 is 10.0 Å². The number of rotatable bonds is 9. The van der Waals surface area contributed by atoms with Crippen molar-refractivity contribution in [3.8, 4) is 5.75 Å². The van der Waals surface area contributed by atoms with Crippen molar-refractivity contribution in [3.63, 3.8) is 0 Å². The fourth-order valence-electron chi connectivity index (χ4n) is 3.44. The quantitative estimate of drug-likeness (QED) is 0.612. The number of hydrogen-bond acceptors (Lipinski definition) is 5. The molecule has 1 aliphatic heterocycles. The molecule has 0 aliphatic carbocycles. The molecule has 1 aromatic carbocycles. The predicted octanol–water partition coefficient (Wildman–Crippen LogP) is 3.30. The van der Waals surface area contributed by atoms with Crippen molar-refractivity contribution in [1.29, 1.82) is 0 Å². The van der Waals surface area contributed by atoms with Gasteiger partial charge in [-0.3, -0.25) is 4.79 Å². The standard InChI is InChI=1S/C21H28N2O4S2/c1-2-5-17-8-10-19(11-9-17)27-14-12-22-21(24)18-6-3-13-23(16-18)29(25,26)20-7-4-15-28-20/h4,7-11,15,18H,2-3,5-6,12-14,16H2,1H3,(H,22,24). The molecular formula is C21H28N2O4S2. The number of hydrogen-bond donors (Lipinski definition) is 1. The van der Waals surface area contributed by atoms with Crippen molar-refractivity contribution in [3.05, 3.63) is 47.3 Å². The van der Waals surface area contributed by atoms with Gasteiger partial charge >= 0.3 is 0 Å². The number of thiophene rings is 1. The van der Waals surface area contributed by atoms with Crippen LogP contribution in [0.3, 0.4) is 0 Å². The van der Waals surface area contributed by atoms with Crippen LogP contribution < -0.4 is 10.1 Å². The number of amides is 1. The van der Waals surface area contributed by atoms with Crippen molar-refractivity contribution in [2.24, 2.45) is 5.92 Å². The van der Waals surface area contributed by atoms with E-state index in [1.165, 1.54) is 21.2 Å². The monoisotopic (exact) mass is 436 g/mol. The molecule has 1 amide bonds. The Morgan fingerprint density at radius 1 is 1.28 bits per heavy atom. The van der Waals surface area contributed by atoms with E-state index in [1.807, 2.05) is 12.1 Å². The Morgan fingerprint density at radius 2 is 2.07 bits per heavy atom. The van der Waals surface area contributed by atoms with Gasteiger partial charge in [-0.25, -0.2) is 8.42 Å². The maximum atomic E-state index is 12.7. The summed E-state index contributed by atoms with van der Waals surface area (Å²) in [4.78, 5) is 12.5. The Bertz CT molecular complexity index is 880. The fourth-order valence-corrected chi connectivity index (χ4v) is 6.11. The van der Waals surface area contributed by atoms with Crippen molar-refractivity contribution < 1.29 is 17.9 Å². The Balaban J connectivity index is 1.44. The predicted molar refractivity (Wildman–Crippen MR) is 115 cm³/mol. The highest BCUT2D eigenvalue weighted by Gasteiger charge is 2.33. The SMILES string of the molecule is CCCc1ccc(OCCNC(=O)C2CCCN(S(=O)(=O)c3cccs3)C2)cc1. The molecule has 1 saturated heterocycles. The van der Waals surface area contributed by atoms with Gasteiger partial charge in [0.2, 0.25) is 5.91 Å². The van der Waals surface area contributed by atoms with Crippen molar-refractivity contribution in [2.75, 3.05) is 26.2 Å². The van der Waals surface area contributed by atoms with E-state index in [-0.39, 0.29) is 18.4 Å². The number of piperidine rings is 1. The molecule has 1 aliphatic rings. The first-order valence-electron chi connectivity index (χ1n) is 10.0. The zero-order valence-electron chi connectivity index (χ0n) is 16.7. The lowest BCUT2D eigenvalue weighted by atomic mass is 9.99. The lowest BCUT2D eigenvalue weighted by Gasteiger charge is -2.30. The summed E-state index contributed by atoms with van der Waals surface area (Å²) in [6.07, 6.45) is 3.54. The van der Waals surface area contributed by atoms with E-state index in [1.54, 1.807) is 17.5 Å². The summed E-state index contributed by atoms with van der Waals surface area (Å²) >= 11 is 1.20. The molecule has 0 radical (unpaired) electrons. The Labute approximate surface area is 176 Å². The van der Waals surface area contributed by atoms with E-state index >= 15 is 0 Å². The Kier molecular flexibility index (Phi) is 7.69. The molecule has 1 atom stereocenters. The van der Waals surface area contributed by atoms with Crippen molar-refractivity contribution >= 4 is 27.3 Å². The first-order chi connectivity index (χ1) is 14.0. The summed E-state index contributed by atoms with van der Waals surface area (Å²) in [5.41, 5.74) is 1.28. The van der Waals surface area contributed by atoms with Crippen LogP contribution in [0.4, 0.5) is 0 Å². The summed E-state index contributed by atoms with van der Waals surface area (Å²) in [6, 6.07) is 11.3. The molecule has 8 heteroatoms. The second-order valence-electron chi connectivity index (χ2n) is 7.17. The number of aryl methyl sites for hydroxylation is 1. The third-order valence-corrected chi connectivity index (χ3v) is 8.21. The number of ether oxygens (including phenoxy) is 1. The third-order valence-electron chi connectivity index (χ3n) is 4.98. The number of carbonyl (C=O) groups is 1. The average molecular weight is 437 g/mol. The molecule has 0 spiro atoms. The van der Waals surface area contributed by atoms with E-state index in [0.717, 1.165) is 18.6 Å². The molecule has 6 nitrogen and oxygen atoms in total. The molecule has 1 aromatic heterocycles. The maximum Gasteiger partial charge on any atom is 0.252 e. The largest absolute Gasteiger partial charge is 0.492 e. The molecular weight excluding hydrogens is 408 g/mol. The summed E-state index contributed by atoms with van der Waals surface area (Å²) in [5, 5.41) is 4.63. The van der Waals surface area contributed by atoms with E-state index in [2.05, 4.69) is 24.4 Å². The van der Waals surface area contributed by atoms with Crippen molar-refractivity contribution in [1.82, 2.24) is 9.62 Å². The molecule has 2 aromatic rings. The lowest BCUT2D eigenvalue weighted by Crippen LogP contribution is -2.45. The molecule has 3 rings (SSSR count). The van der Waals surface area contributed by atoms with Gasteiger partial charge in [0, 0.05) is 13.1 Å². The minimum absolute atomic E-state index is 0.113.